The Morgan fingerprint density at radius 3 is 2.93 bits per heavy atom. The van der Waals surface area contributed by atoms with Crippen LogP contribution in [0, 0.1) is 0 Å². The van der Waals surface area contributed by atoms with Crippen molar-refractivity contribution in [3.63, 3.8) is 0 Å². The molecule has 1 aromatic rings. The summed E-state index contributed by atoms with van der Waals surface area (Å²) in [5.74, 6) is -0.338. The number of rotatable bonds is 6. The van der Waals surface area contributed by atoms with E-state index in [9.17, 15) is 4.79 Å². The van der Waals surface area contributed by atoms with Crippen molar-refractivity contribution < 1.29 is 23.8 Å². The maximum atomic E-state index is 11.1. The number of aliphatic hydroxyl groups is 1. The molecule has 1 rings (SSSR count). The largest absolute Gasteiger partial charge is 0.457 e. The minimum atomic E-state index is -0.511. The molecule has 0 unspecified atom stereocenters. The van der Waals surface area contributed by atoms with Crippen LogP contribution in [0.3, 0.4) is 0 Å². The van der Waals surface area contributed by atoms with Gasteiger partial charge in [0.25, 0.3) is 0 Å². The fraction of sp³-hybridized carbons (Fsp3) is 0.444. The van der Waals surface area contributed by atoms with E-state index in [0.29, 0.717) is 0 Å². The molecule has 0 atom stereocenters. The van der Waals surface area contributed by atoms with E-state index in [0.717, 1.165) is 0 Å². The van der Waals surface area contributed by atoms with Gasteiger partial charge in [-0.1, -0.05) is 0 Å². The standard InChI is InChI=1S/C9H12O5/c10-3-5-12-6-7-14-9(11)8-2-1-4-13-8/h1-2,4,10H,3,5-7H2. The van der Waals surface area contributed by atoms with Gasteiger partial charge in [0.05, 0.1) is 26.1 Å². The number of esters is 1. The molecule has 0 saturated heterocycles. The molecule has 78 valence electrons. The van der Waals surface area contributed by atoms with Crippen LogP contribution in [0.15, 0.2) is 22.8 Å². The zero-order valence-corrected chi connectivity index (χ0v) is 7.64. The third kappa shape index (κ3) is 3.59. The highest BCUT2D eigenvalue weighted by atomic mass is 16.6. The van der Waals surface area contributed by atoms with Crippen LogP contribution in [0.5, 0.6) is 0 Å². The van der Waals surface area contributed by atoms with Gasteiger partial charge in [0, 0.05) is 0 Å². The summed E-state index contributed by atoms with van der Waals surface area (Å²) >= 11 is 0. The van der Waals surface area contributed by atoms with Crippen molar-refractivity contribution in [3.8, 4) is 0 Å². The Bertz CT molecular complexity index is 254. The van der Waals surface area contributed by atoms with Crippen molar-refractivity contribution in [3.05, 3.63) is 24.2 Å². The molecule has 5 heteroatoms. The lowest BCUT2D eigenvalue weighted by molar-refractivity contribution is 0.0232. The molecule has 0 fully saturated rings. The topological polar surface area (TPSA) is 68.9 Å². The average molecular weight is 200 g/mol. The Hall–Kier alpha value is -1.33. The summed E-state index contributed by atoms with van der Waals surface area (Å²) < 4.78 is 14.5. The van der Waals surface area contributed by atoms with Crippen LogP contribution < -0.4 is 0 Å². The van der Waals surface area contributed by atoms with Crippen LogP contribution in [0.25, 0.3) is 0 Å². The molecule has 0 spiro atoms. The Labute approximate surface area is 81.2 Å². The van der Waals surface area contributed by atoms with Crippen LogP contribution in [0.2, 0.25) is 0 Å². The fourth-order valence-corrected chi connectivity index (χ4v) is 0.826. The monoisotopic (exact) mass is 200 g/mol. The number of ether oxygens (including phenoxy) is 2. The number of aliphatic hydroxyl groups excluding tert-OH is 1. The molecule has 0 bridgehead atoms. The van der Waals surface area contributed by atoms with Gasteiger partial charge in [0.1, 0.15) is 6.61 Å². The van der Waals surface area contributed by atoms with E-state index in [4.69, 9.17) is 19.0 Å². The second-order valence-corrected chi connectivity index (χ2v) is 2.45. The van der Waals surface area contributed by atoms with Crippen LogP contribution in [0.4, 0.5) is 0 Å². The van der Waals surface area contributed by atoms with E-state index in [1.807, 2.05) is 0 Å². The number of carbonyl (C=O) groups is 1. The molecule has 0 aliphatic rings. The predicted molar refractivity (Wildman–Crippen MR) is 46.9 cm³/mol. The van der Waals surface area contributed by atoms with Gasteiger partial charge < -0.3 is 19.0 Å². The molecular formula is C9H12O5. The summed E-state index contributed by atoms with van der Waals surface area (Å²) in [7, 11) is 0. The smallest absolute Gasteiger partial charge is 0.374 e. The van der Waals surface area contributed by atoms with Crippen molar-refractivity contribution in [2.75, 3.05) is 26.4 Å². The lowest BCUT2D eigenvalue weighted by atomic mass is 10.5. The molecule has 0 aromatic carbocycles. The summed E-state index contributed by atoms with van der Waals surface area (Å²) in [6, 6.07) is 3.13. The molecule has 5 nitrogen and oxygen atoms in total. The van der Waals surface area contributed by atoms with Crippen LogP contribution in [-0.2, 0) is 9.47 Å². The highest BCUT2D eigenvalue weighted by Gasteiger charge is 2.08. The third-order valence-electron chi connectivity index (χ3n) is 1.42. The minimum absolute atomic E-state index is 0.0356. The summed E-state index contributed by atoms with van der Waals surface area (Å²) in [5.41, 5.74) is 0. The molecule has 1 heterocycles. The zero-order valence-electron chi connectivity index (χ0n) is 7.64. The lowest BCUT2D eigenvalue weighted by Crippen LogP contribution is -2.11. The fourth-order valence-electron chi connectivity index (χ4n) is 0.826. The predicted octanol–water partition coefficient (Wildman–Crippen LogP) is 0.445. The van der Waals surface area contributed by atoms with Crippen LogP contribution in [0.1, 0.15) is 10.6 Å². The van der Waals surface area contributed by atoms with E-state index in [2.05, 4.69) is 0 Å². The number of carbonyl (C=O) groups excluding carboxylic acids is 1. The lowest BCUT2D eigenvalue weighted by Gasteiger charge is -2.02. The summed E-state index contributed by atoms with van der Waals surface area (Å²) in [6.45, 7) is 0.636. The first kappa shape index (κ1) is 10.7. The molecular weight excluding hydrogens is 188 g/mol. The Kier molecular flexibility index (Phi) is 4.74. The molecule has 0 aliphatic heterocycles. The van der Waals surface area contributed by atoms with Crippen molar-refractivity contribution >= 4 is 5.97 Å². The van der Waals surface area contributed by atoms with Crippen molar-refractivity contribution in [2.24, 2.45) is 0 Å². The second-order valence-electron chi connectivity index (χ2n) is 2.45. The van der Waals surface area contributed by atoms with Crippen molar-refractivity contribution in [2.45, 2.75) is 0 Å². The molecule has 0 amide bonds. The average Bonchev–Trinajstić information content (AvgIpc) is 2.70. The molecule has 0 saturated carbocycles. The SMILES string of the molecule is O=C(OCCOCCO)c1ccco1. The van der Waals surface area contributed by atoms with Gasteiger partial charge >= 0.3 is 5.97 Å². The van der Waals surface area contributed by atoms with Gasteiger partial charge in [-0.25, -0.2) is 4.79 Å². The van der Waals surface area contributed by atoms with E-state index >= 15 is 0 Å². The maximum Gasteiger partial charge on any atom is 0.374 e. The van der Waals surface area contributed by atoms with Gasteiger partial charge in [-0.05, 0) is 12.1 Å². The molecule has 0 aliphatic carbocycles. The highest BCUT2D eigenvalue weighted by Crippen LogP contribution is 2.01. The quantitative estimate of drug-likeness (QED) is 0.533. The minimum Gasteiger partial charge on any atom is -0.457 e. The van der Waals surface area contributed by atoms with Crippen LogP contribution in [-0.4, -0.2) is 37.5 Å². The van der Waals surface area contributed by atoms with E-state index < -0.39 is 5.97 Å². The van der Waals surface area contributed by atoms with Gasteiger partial charge in [0.15, 0.2) is 0 Å². The molecule has 1 aromatic heterocycles. The van der Waals surface area contributed by atoms with E-state index in [-0.39, 0.29) is 32.2 Å². The normalized spacial score (nSPS) is 10.1. The van der Waals surface area contributed by atoms with Gasteiger partial charge in [-0.15, -0.1) is 0 Å². The van der Waals surface area contributed by atoms with Gasteiger partial charge in [0.2, 0.25) is 5.76 Å². The number of hydrogen-bond acceptors (Lipinski definition) is 5. The number of hydrogen-bond donors (Lipinski definition) is 1. The first-order valence-corrected chi connectivity index (χ1v) is 4.24. The summed E-state index contributed by atoms with van der Waals surface area (Å²) in [5, 5.41) is 8.38. The summed E-state index contributed by atoms with van der Waals surface area (Å²) in [6.07, 6.45) is 1.40. The number of furan rings is 1. The molecule has 0 radical (unpaired) electrons. The zero-order chi connectivity index (χ0) is 10.2. The first-order valence-electron chi connectivity index (χ1n) is 4.24. The van der Waals surface area contributed by atoms with E-state index in [1.54, 1.807) is 6.07 Å². The third-order valence-corrected chi connectivity index (χ3v) is 1.42. The van der Waals surface area contributed by atoms with Crippen molar-refractivity contribution in [1.82, 2.24) is 0 Å². The van der Waals surface area contributed by atoms with Crippen molar-refractivity contribution in [1.29, 1.82) is 0 Å². The first-order chi connectivity index (χ1) is 6.84. The Morgan fingerprint density at radius 1 is 1.43 bits per heavy atom. The Balaban J connectivity index is 2.10. The second kappa shape index (κ2) is 6.17. The maximum absolute atomic E-state index is 11.1. The summed E-state index contributed by atoms with van der Waals surface area (Å²) in [4.78, 5) is 11.1. The van der Waals surface area contributed by atoms with Gasteiger partial charge in [-0.2, -0.15) is 0 Å². The highest BCUT2D eigenvalue weighted by molar-refractivity contribution is 5.86. The molecule has 14 heavy (non-hydrogen) atoms. The van der Waals surface area contributed by atoms with E-state index in [1.165, 1.54) is 12.3 Å². The van der Waals surface area contributed by atoms with Gasteiger partial charge in [-0.3, -0.25) is 0 Å². The molecule has 1 N–H and O–H groups in total. The van der Waals surface area contributed by atoms with Crippen LogP contribution >= 0.6 is 0 Å². The Morgan fingerprint density at radius 2 is 2.29 bits per heavy atom.